The van der Waals surface area contributed by atoms with E-state index in [1.807, 2.05) is 18.2 Å². The van der Waals surface area contributed by atoms with Crippen molar-refractivity contribution in [1.82, 2.24) is 14.9 Å². The van der Waals surface area contributed by atoms with Crippen LogP contribution in [0.2, 0.25) is 0 Å². The highest BCUT2D eigenvalue weighted by atomic mass is 16.5. The molecule has 0 saturated carbocycles. The van der Waals surface area contributed by atoms with Crippen molar-refractivity contribution < 1.29 is 4.74 Å². The lowest BCUT2D eigenvalue weighted by Gasteiger charge is -2.26. The van der Waals surface area contributed by atoms with Gasteiger partial charge in [0.25, 0.3) is 0 Å². The molecule has 3 rings (SSSR count). The summed E-state index contributed by atoms with van der Waals surface area (Å²) in [6, 6.07) is 5.85. The van der Waals surface area contributed by atoms with Crippen molar-refractivity contribution in [2.24, 2.45) is 0 Å². The number of hydrogen-bond donors (Lipinski definition) is 2. The van der Waals surface area contributed by atoms with Gasteiger partial charge in [0.2, 0.25) is 0 Å². The van der Waals surface area contributed by atoms with Gasteiger partial charge < -0.3 is 20.4 Å². The molecule has 0 atom stereocenters. The minimum atomic E-state index is 0.448. The van der Waals surface area contributed by atoms with Gasteiger partial charge in [0.1, 0.15) is 5.75 Å². The average molecular weight is 288 g/mol. The van der Waals surface area contributed by atoms with Gasteiger partial charge in [0.05, 0.1) is 17.6 Å². The number of nitrogen functional groups attached to an aromatic ring is 1. The fourth-order valence-corrected chi connectivity index (χ4v) is 2.91. The summed E-state index contributed by atoms with van der Waals surface area (Å²) in [5.74, 6) is 1.33. The van der Waals surface area contributed by atoms with E-state index in [0.717, 1.165) is 29.8 Å². The molecule has 2 aromatic rings. The van der Waals surface area contributed by atoms with E-state index >= 15 is 0 Å². The lowest BCUT2D eigenvalue weighted by atomic mass is 10.1. The first-order valence-electron chi connectivity index (χ1n) is 7.92. The SMILES string of the molecule is Nc1nc2ccc(OCCCCN3CCCCC3)cc2[nH]1. The Hall–Kier alpha value is -1.75. The highest BCUT2D eigenvalue weighted by Crippen LogP contribution is 2.20. The number of H-pyrrole nitrogens is 1. The van der Waals surface area contributed by atoms with E-state index in [-0.39, 0.29) is 0 Å². The largest absolute Gasteiger partial charge is 0.494 e. The van der Waals surface area contributed by atoms with Gasteiger partial charge in [-0.1, -0.05) is 6.42 Å². The third-order valence-electron chi connectivity index (χ3n) is 4.06. The lowest BCUT2D eigenvalue weighted by molar-refractivity contribution is 0.216. The summed E-state index contributed by atoms with van der Waals surface area (Å²) in [4.78, 5) is 9.77. The van der Waals surface area contributed by atoms with Crippen molar-refractivity contribution in [1.29, 1.82) is 0 Å². The van der Waals surface area contributed by atoms with E-state index in [9.17, 15) is 0 Å². The number of hydrogen-bond acceptors (Lipinski definition) is 4. The molecule has 0 bridgehead atoms. The van der Waals surface area contributed by atoms with Crippen LogP contribution in [0, 0.1) is 0 Å². The number of ether oxygens (including phenoxy) is 1. The summed E-state index contributed by atoms with van der Waals surface area (Å²) in [7, 11) is 0. The molecule has 1 aromatic carbocycles. The van der Waals surface area contributed by atoms with Crippen LogP contribution in [0.15, 0.2) is 18.2 Å². The molecule has 0 unspecified atom stereocenters. The second kappa shape index (κ2) is 6.80. The van der Waals surface area contributed by atoms with Crippen molar-refractivity contribution in [3.8, 4) is 5.75 Å². The molecule has 0 spiro atoms. The fourth-order valence-electron chi connectivity index (χ4n) is 2.91. The Morgan fingerprint density at radius 1 is 1.19 bits per heavy atom. The van der Waals surface area contributed by atoms with Crippen molar-refractivity contribution in [2.45, 2.75) is 32.1 Å². The molecule has 21 heavy (non-hydrogen) atoms. The zero-order chi connectivity index (χ0) is 14.5. The predicted octanol–water partition coefficient (Wildman–Crippen LogP) is 2.79. The van der Waals surface area contributed by atoms with Crippen molar-refractivity contribution in [3.63, 3.8) is 0 Å². The number of benzene rings is 1. The first-order valence-corrected chi connectivity index (χ1v) is 7.92. The van der Waals surface area contributed by atoms with E-state index in [1.165, 1.54) is 45.3 Å². The number of fused-ring (bicyclic) bond motifs is 1. The number of nitrogens with two attached hydrogens (primary N) is 1. The first-order chi connectivity index (χ1) is 10.3. The Morgan fingerprint density at radius 3 is 2.90 bits per heavy atom. The van der Waals surface area contributed by atoms with Gasteiger partial charge in [-0.15, -0.1) is 0 Å². The topological polar surface area (TPSA) is 67.2 Å². The maximum atomic E-state index is 5.81. The van der Waals surface area contributed by atoms with Gasteiger partial charge in [-0.3, -0.25) is 0 Å². The summed E-state index contributed by atoms with van der Waals surface area (Å²) in [5, 5.41) is 0. The lowest BCUT2D eigenvalue weighted by Crippen LogP contribution is -2.30. The Bertz CT molecular complexity index is 575. The number of imidazole rings is 1. The van der Waals surface area contributed by atoms with Gasteiger partial charge in [0, 0.05) is 6.07 Å². The Labute approximate surface area is 125 Å². The van der Waals surface area contributed by atoms with Gasteiger partial charge in [-0.25, -0.2) is 4.98 Å². The average Bonchev–Trinajstić information content (AvgIpc) is 2.87. The molecule has 1 aromatic heterocycles. The third kappa shape index (κ3) is 3.88. The van der Waals surface area contributed by atoms with Crippen LogP contribution < -0.4 is 10.5 Å². The van der Waals surface area contributed by atoms with E-state index in [1.54, 1.807) is 0 Å². The van der Waals surface area contributed by atoms with E-state index in [0.29, 0.717) is 5.95 Å². The minimum Gasteiger partial charge on any atom is -0.494 e. The molecule has 3 N–H and O–H groups in total. The van der Waals surface area contributed by atoms with Gasteiger partial charge in [-0.05, 0) is 57.5 Å². The van der Waals surface area contributed by atoms with Gasteiger partial charge in [0.15, 0.2) is 5.95 Å². The van der Waals surface area contributed by atoms with Gasteiger partial charge in [-0.2, -0.15) is 0 Å². The second-order valence-corrected chi connectivity index (χ2v) is 5.76. The number of nitrogens with one attached hydrogen (secondary N) is 1. The van der Waals surface area contributed by atoms with E-state index in [2.05, 4.69) is 14.9 Å². The Morgan fingerprint density at radius 2 is 2.05 bits per heavy atom. The van der Waals surface area contributed by atoms with Crippen molar-refractivity contribution >= 4 is 17.0 Å². The predicted molar refractivity (Wildman–Crippen MR) is 85.5 cm³/mol. The maximum absolute atomic E-state index is 5.81. The third-order valence-corrected chi connectivity index (χ3v) is 4.06. The Balaban J connectivity index is 1.39. The quantitative estimate of drug-likeness (QED) is 0.802. The smallest absolute Gasteiger partial charge is 0.198 e. The molecule has 1 fully saturated rings. The van der Waals surface area contributed by atoms with Crippen LogP contribution in [-0.4, -0.2) is 41.1 Å². The maximum Gasteiger partial charge on any atom is 0.198 e. The van der Waals surface area contributed by atoms with Crippen LogP contribution >= 0.6 is 0 Å². The van der Waals surface area contributed by atoms with Crippen LogP contribution in [-0.2, 0) is 0 Å². The second-order valence-electron chi connectivity index (χ2n) is 5.76. The summed E-state index contributed by atoms with van der Waals surface area (Å²) in [6.07, 6.45) is 6.44. The molecule has 2 heterocycles. The highest BCUT2D eigenvalue weighted by Gasteiger charge is 2.09. The summed E-state index contributed by atoms with van der Waals surface area (Å²) in [6.45, 7) is 4.53. The molecular formula is C16H24N4O. The zero-order valence-corrected chi connectivity index (χ0v) is 12.5. The molecule has 1 aliphatic heterocycles. The fraction of sp³-hybridized carbons (Fsp3) is 0.562. The molecule has 5 heteroatoms. The highest BCUT2D eigenvalue weighted by molar-refractivity contribution is 5.78. The van der Waals surface area contributed by atoms with Crippen LogP contribution in [0.25, 0.3) is 11.0 Å². The monoisotopic (exact) mass is 288 g/mol. The normalized spacial score (nSPS) is 16.4. The molecule has 114 valence electrons. The molecule has 0 radical (unpaired) electrons. The molecule has 1 aliphatic rings. The van der Waals surface area contributed by atoms with Crippen LogP contribution in [0.5, 0.6) is 5.75 Å². The summed E-state index contributed by atoms with van der Waals surface area (Å²) in [5.41, 5.74) is 7.45. The standard InChI is InChI=1S/C16H24N4O/c17-16-18-14-7-6-13(12-15(14)19-16)21-11-5-4-10-20-8-2-1-3-9-20/h6-7,12H,1-5,8-11H2,(H3,17,18,19). The number of unbranched alkanes of at least 4 members (excludes halogenated alkanes) is 1. The zero-order valence-electron chi connectivity index (χ0n) is 12.5. The number of anilines is 1. The number of aromatic nitrogens is 2. The van der Waals surface area contributed by atoms with E-state index < -0.39 is 0 Å². The minimum absolute atomic E-state index is 0.448. The van der Waals surface area contributed by atoms with Crippen LogP contribution in [0.3, 0.4) is 0 Å². The van der Waals surface area contributed by atoms with Crippen LogP contribution in [0.1, 0.15) is 32.1 Å². The first kappa shape index (κ1) is 14.2. The Kier molecular flexibility index (Phi) is 4.60. The molecule has 5 nitrogen and oxygen atoms in total. The van der Waals surface area contributed by atoms with Crippen molar-refractivity contribution in [2.75, 3.05) is 32.0 Å². The molecule has 1 saturated heterocycles. The molecule has 0 amide bonds. The molecule has 0 aliphatic carbocycles. The summed E-state index contributed by atoms with van der Waals surface area (Å²) < 4.78 is 5.81. The number of aromatic amines is 1. The van der Waals surface area contributed by atoms with Crippen LogP contribution in [0.4, 0.5) is 5.95 Å². The van der Waals surface area contributed by atoms with Crippen molar-refractivity contribution in [3.05, 3.63) is 18.2 Å². The summed E-state index contributed by atoms with van der Waals surface area (Å²) >= 11 is 0. The molecular weight excluding hydrogens is 264 g/mol. The number of likely N-dealkylation sites (tertiary alicyclic amines) is 1. The van der Waals surface area contributed by atoms with E-state index in [4.69, 9.17) is 10.5 Å². The number of rotatable bonds is 6. The number of nitrogens with zero attached hydrogens (tertiary/aromatic N) is 2. The van der Waals surface area contributed by atoms with Gasteiger partial charge >= 0.3 is 0 Å². The number of piperidine rings is 1.